The van der Waals surface area contributed by atoms with E-state index in [-0.39, 0.29) is 17.9 Å². The Hall–Kier alpha value is -2.79. The molecule has 4 nitrogen and oxygen atoms in total. The lowest BCUT2D eigenvalue weighted by molar-refractivity contribution is 0.182. The number of unbranched alkanes of at least 4 members (excludes halogenated alkanes) is 1. The molecule has 1 aromatic heterocycles. The Bertz CT molecular complexity index is 938. The van der Waals surface area contributed by atoms with Gasteiger partial charge in [0.15, 0.2) is 0 Å². The number of allylic oxidation sites excluding steroid dienone is 1. The van der Waals surface area contributed by atoms with Gasteiger partial charge in [0, 0.05) is 17.1 Å². The molecule has 134 valence electrons. The quantitative estimate of drug-likeness (QED) is 0.631. The van der Waals surface area contributed by atoms with Gasteiger partial charge < -0.3 is 10.2 Å². The summed E-state index contributed by atoms with van der Waals surface area (Å²) < 4.78 is 14.4. The van der Waals surface area contributed by atoms with Crippen molar-refractivity contribution >= 4 is 17.0 Å². The summed E-state index contributed by atoms with van der Waals surface area (Å²) in [5.74, 6) is -0.281. The van der Waals surface area contributed by atoms with Gasteiger partial charge in [0.25, 0.3) is 0 Å². The van der Waals surface area contributed by atoms with Crippen LogP contribution in [0.15, 0.2) is 48.7 Å². The molecule has 0 radical (unpaired) electrons. The largest absolute Gasteiger partial charge is 0.479 e. The SMILES string of the molecule is CC(O)CCCC=Cc1ccc(-c2ccc3nc(O)ncc3c2)cc1F. The van der Waals surface area contributed by atoms with E-state index in [4.69, 9.17) is 0 Å². The summed E-state index contributed by atoms with van der Waals surface area (Å²) in [4.78, 5) is 7.73. The average molecular weight is 352 g/mol. The second-order valence-corrected chi connectivity index (χ2v) is 6.36. The maximum atomic E-state index is 14.4. The van der Waals surface area contributed by atoms with E-state index in [0.717, 1.165) is 35.8 Å². The molecule has 2 aromatic carbocycles. The van der Waals surface area contributed by atoms with E-state index in [0.29, 0.717) is 11.1 Å². The highest BCUT2D eigenvalue weighted by Crippen LogP contribution is 2.26. The topological polar surface area (TPSA) is 66.2 Å². The predicted octanol–water partition coefficient (Wildman–Crippen LogP) is 4.71. The molecule has 2 N–H and O–H groups in total. The van der Waals surface area contributed by atoms with Gasteiger partial charge >= 0.3 is 6.01 Å². The van der Waals surface area contributed by atoms with Crippen LogP contribution >= 0.6 is 0 Å². The summed E-state index contributed by atoms with van der Waals surface area (Å²) in [5, 5.41) is 19.3. The van der Waals surface area contributed by atoms with E-state index in [1.807, 2.05) is 24.3 Å². The molecule has 0 aliphatic carbocycles. The normalized spacial score (nSPS) is 12.7. The smallest absolute Gasteiger partial charge is 0.314 e. The average Bonchev–Trinajstić information content (AvgIpc) is 2.62. The van der Waals surface area contributed by atoms with E-state index in [2.05, 4.69) is 9.97 Å². The third-order valence-electron chi connectivity index (χ3n) is 4.19. The number of aliphatic hydroxyl groups excluding tert-OH is 1. The Labute approximate surface area is 151 Å². The Morgan fingerprint density at radius 2 is 1.92 bits per heavy atom. The third kappa shape index (κ3) is 4.43. The van der Waals surface area contributed by atoms with E-state index < -0.39 is 0 Å². The van der Waals surface area contributed by atoms with E-state index in [1.54, 1.807) is 31.3 Å². The minimum atomic E-state index is -0.296. The Morgan fingerprint density at radius 3 is 2.69 bits per heavy atom. The highest BCUT2D eigenvalue weighted by Gasteiger charge is 2.06. The van der Waals surface area contributed by atoms with Gasteiger partial charge in [-0.3, -0.25) is 0 Å². The molecule has 0 saturated heterocycles. The molecule has 0 saturated carbocycles. The summed E-state index contributed by atoms with van der Waals surface area (Å²) >= 11 is 0. The molecule has 1 heterocycles. The molecule has 5 heteroatoms. The molecule has 1 unspecified atom stereocenters. The monoisotopic (exact) mass is 352 g/mol. The van der Waals surface area contributed by atoms with E-state index in [9.17, 15) is 14.6 Å². The number of nitrogens with zero attached hydrogens (tertiary/aromatic N) is 2. The minimum absolute atomic E-state index is 0.263. The van der Waals surface area contributed by atoms with Gasteiger partial charge in [0.1, 0.15) is 5.82 Å². The van der Waals surface area contributed by atoms with Crippen molar-refractivity contribution in [2.45, 2.75) is 32.3 Å². The lowest BCUT2D eigenvalue weighted by Crippen LogP contribution is -1.97. The molecule has 0 spiro atoms. The standard InChI is InChI=1S/C21H21FN2O2/c1-14(25)5-3-2-4-6-15-7-8-17(12-19(15)22)16-9-10-20-18(11-16)13-23-21(26)24-20/h4,6-14,25H,2-3,5H2,1H3,(H,23,24,26). The van der Waals surface area contributed by atoms with Crippen LogP contribution in [-0.2, 0) is 0 Å². The lowest BCUT2D eigenvalue weighted by atomic mass is 10.0. The van der Waals surface area contributed by atoms with Crippen molar-refractivity contribution in [2.24, 2.45) is 0 Å². The van der Waals surface area contributed by atoms with Gasteiger partial charge in [-0.25, -0.2) is 9.37 Å². The molecule has 0 bridgehead atoms. The van der Waals surface area contributed by atoms with Crippen LogP contribution in [0.5, 0.6) is 6.01 Å². The highest BCUT2D eigenvalue weighted by molar-refractivity contribution is 5.84. The number of halogens is 1. The Balaban J connectivity index is 1.76. The molecule has 1 atom stereocenters. The first-order valence-electron chi connectivity index (χ1n) is 8.63. The fourth-order valence-corrected chi connectivity index (χ4v) is 2.79. The van der Waals surface area contributed by atoms with Crippen LogP contribution in [0.4, 0.5) is 4.39 Å². The van der Waals surface area contributed by atoms with Crippen molar-refractivity contribution in [3.63, 3.8) is 0 Å². The lowest BCUT2D eigenvalue weighted by Gasteiger charge is -2.06. The van der Waals surface area contributed by atoms with Crippen molar-refractivity contribution in [1.29, 1.82) is 0 Å². The molecular formula is C21H21FN2O2. The second-order valence-electron chi connectivity index (χ2n) is 6.36. The number of aromatic hydroxyl groups is 1. The van der Waals surface area contributed by atoms with Crippen LogP contribution in [-0.4, -0.2) is 26.3 Å². The predicted molar refractivity (Wildman–Crippen MR) is 101 cm³/mol. The zero-order chi connectivity index (χ0) is 18.5. The van der Waals surface area contributed by atoms with Gasteiger partial charge in [0.2, 0.25) is 0 Å². The van der Waals surface area contributed by atoms with Crippen molar-refractivity contribution in [3.8, 4) is 17.1 Å². The van der Waals surface area contributed by atoms with Crippen LogP contribution < -0.4 is 0 Å². The van der Waals surface area contributed by atoms with Crippen LogP contribution in [0.3, 0.4) is 0 Å². The third-order valence-corrected chi connectivity index (χ3v) is 4.19. The number of hydrogen-bond donors (Lipinski definition) is 2. The molecule has 0 amide bonds. The first kappa shape index (κ1) is 18.0. The van der Waals surface area contributed by atoms with Crippen LogP contribution in [0.2, 0.25) is 0 Å². The Kier molecular flexibility index (Phi) is 5.58. The van der Waals surface area contributed by atoms with Crippen molar-refractivity contribution in [2.75, 3.05) is 0 Å². The summed E-state index contributed by atoms with van der Waals surface area (Å²) in [6.07, 6.45) is 7.39. The maximum Gasteiger partial charge on any atom is 0.314 e. The van der Waals surface area contributed by atoms with E-state index >= 15 is 0 Å². The first-order valence-corrected chi connectivity index (χ1v) is 8.63. The fraction of sp³-hybridized carbons (Fsp3) is 0.238. The number of rotatable bonds is 6. The zero-order valence-corrected chi connectivity index (χ0v) is 14.6. The fourth-order valence-electron chi connectivity index (χ4n) is 2.79. The number of hydrogen-bond acceptors (Lipinski definition) is 4. The minimum Gasteiger partial charge on any atom is -0.479 e. The first-order chi connectivity index (χ1) is 12.5. The summed E-state index contributed by atoms with van der Waals surface area (Å²) in [6, 6.07) is 10.4. The van der Waals surface area contributed by atoms with Crippen molar-refractivity contribution in [3.05, 3.63) is 60.1 Å². The number of benzene rings is 2. The zero-order valence-electron chi connectivity index (χ0n) is 14.6. The van der Waals surface area contributed by atoms with Gasteiger partial charge in [-0.15, -0.1) is 0 Å². The van der Waals surface area contributed by atoms with Crippen molar-refractivity contribution < 1.29 is 14.6 Å². The number of aromatic nitrogens is 2. The molecule has 0 aliphatic rings. The van der Waals surface area contributed by atoms with Gasteiger partial charge in [-0.1, -0.05) is 30.4 Å². The van der Waals surface area contributed by atoms with E-state index in [1.165, 1.54) is 6.07 Å². The maximum absolute atomic E-state index is 14.4. The number of aliphatic hydroxyl groups is 1. The summed E-state index contributed by atoms with van der Waals surface area (Å²) in [6.45, 7) is 1.77. The second kappa shape index (κ2) is 8.06. The van der Waals surface area contributed by atoms with Crippen LogP contribution in [0.25, 0.3) is 28.1 Å². The summed E-state index contributed by atoms with van der Waals surface area (Å²) in [7, 11) is 0. The van der Waals surface area contributed by atoms with Gasteiger partial charge in [-0.2, -0.15) is 4.98 Å². The molecule has 3 aromatic rings. The van der Waals surface area contributed by atoms with Gasteiger partial charge in [0.05, 0.1) is 11.6 Å². The van der Waals surface area contributed by atoms with Crippen LogP contribution in [0, 0.1) is 5.82 Å². The number of fused-ring (bicyclic) bond motifs is 1. The Morgan fingerprint density at radius 1 is 1.15 bits per heavy atom. The van der Waals surface area contributed by atoms with Crippen LogP contribution in [0.1, 0.15) is 31.7 Å². The van der Waals surface area contributed by atoms with Gasteiger partial charge in [-0.05, 0) is 55.5 Å². The molecular weight excluding hydrogens is 331 g/mol. The van der Waals surface area contributed by atoms with Crippen molar-refractivity contribution in [1.82, 2.24) is 9.97 Å². The summed E-state index contributed by atoms with van der Waals surface area (Å²) in [5.41, 5.74) is 2.81. The molecule has 0 fully saturated rings. The molecule has 3 rings (SSSR count). The molecule has 0 aliphatic heterocycles. The highest BCUT2D eigenvalue weighted by atomic mass is 19.1. The molecule has 26 heavy (non-hydrogen) atoms.